The lowest BCUT2D eigenvalue weighted by atomic mass is 10.1. The van der Waals surface area contributed by atoms with Crippen LogP contribution in [0.3, 0.4) is 0 Å². The standard InChI is InChI=1S/C17H23FN6O/c1-17(2,25)10-20-7-12(6-19)11-5-14-15(21-8-11)22-23-16(14)24-4-3-13(18)9-24/h5-8,13,19-20,25H,3-4,9-10H2,1-2H3,(H,21,22,23)/b12-7+,19-6?. The Morgan fingerprint density at radius 3 is 3.04 bits per heavy atom. The summed E-state index contributed by atoms with van der Waals surface area (Å²) in [7, 11) is 0. The maximum atomic E-state index is 13.5. The maximum Gasteiger partial charge on any atom is 0.160 e. The summed E-state index contributed by atoms with van der Waals surface area (Å²) < 4.78 is 13.5. The number of aromatic nitrogens is 3. The number of anilines is 1. The molecule has 2 aromatic rings. The molecule has 1 unspecified atom stereocenters. The Kier molecular flexibility index (Phi) is 4.71. The Morgan fingerprint density at radius 1 is 1.60 bits per heavy atom. The summed E-state index contributed by atoms with van der Waals surface area (Å²) in [5.41, 5.74) is 1.18. The summed E-state index contributed by atoms with van der Waals surface area (Å²) in [6, 6.07) is 1.90. The van der Waals surface area contributed by atoms with Crippen LogP contribution in [0.15, 0.2) is 18.5 Å². The Labute approximate surface area is 145 Å². The number of H-pyrrole nitrogens is 1. The van der Waals surface area contributed by atoms with Crippen LogP contribution < -0.4 is 10.2 Å². The van der Waals surface area contributed by atoms with Gasteiger partial charge in [0.1, 0.15) is 6.17 Å². The van der Waals surface area contributed by atoms with Gasteiger partial charge in [0.15, 0.2) is 11.5 Å². The molecule has 8 heteroatoms. The van der Waals surface area contributed by atoms with E-state index in [0.717, 1.165) is 10.9 Å². The van der Waals surface area contributed by atoms with Gasteiger partial charge < -0.3 is 20.7 Å². The zero-order chi connectivity index (χ0) is 18.0. The van der Waals surface area contributed by atoms with Crippen LogP contribution in [0.1, 0.15) is 25.8 Å². The van der Waals surface area contributed by atoms with Crippen LogP contribution in [-0.2, 0) is 0 Å². The Morgan fingerprint density at radius 2 is 2.40 bits per heavy atom. The van der Waals surface area contributed by atoms with Gasteiger partial charge in [0.05, 0.1) is 17.5 Å². The largest absolute Gasteiger partial charge is 0.389 e. The van der Waals surface area contributed by atoms with Gasteiger partial charge in [-0.15, -0.1) is 0 Å². The van der Waals surface area contributed by atoms with E-state index >= 15 is 0 Å². The van der Waals surface area contributed by atoms with Crippen molar-refractivity contribution in [3.8, 4) is 0 Å². The Bertz CT molecular complexity index is 794. The average molecular weight is 346 g/mol. The molecule has 3 heterocycles. The molecule has 0 aliphatic carbocycles. The molecule has 0 amide bonds. The van der Waals surface area contributed by atoms with Crippen LogP contribution in [0.25, 0.3) is 16.6 Å². The fourth-order valence-corrected chi connectivity index (χ4v) is 2.82. The first-order chi connectivity index (χ1) is 11.9. The minimum Gasteiger partial charge on any atom is -0.389 e. The Balaban J connectivity index is 1.88. The van der Waals surface area contributed by atoms with Crippen molar-refractivity contribution in [2.45, 2.75) is 32.0 Å². The maximum absolute atomic E-state index is 13.5. The third-order valence-electron chi connectivity index (χ3n) is 4.11. The molecule has 0 spiro atoms. The molecular formula is C17H23FN6O. The van der Waals surface area contributed by atoms with Crippen molar-refractivity contribution in [1.29, 1.82) is 5.41 Å². The molecule has 2 aromatic heterocycles. The first-order valence-electron chi connectivity index (χ1n) is 8.27. The molecule has 1 fully saturated rings. The zero-order valence-corrected chi connectivity index (χ0v) is 14.4. The molecule has 0 saturated carbocycles. The lowest BCUT2D eigenvalue weighted by Gasteiger charge is -2.17. The van der Waals surface area contributed by atoms with Crippen LogP contribution >= 0.6 is 0 Å². The normalized spacial score (nSPS) is 18.8. The van der Waals surface area contributed by atoms with Crippen molar-refractivity contribution in [2.75, 3.05) is 24.5 Å². The van der Waals surface area contributed by atoms with Gasteiger partial charge in [0.2, 0.25) is 0 Å². The number of allylic oxidation sites excluding steroid dienone is 1. The van der Waals surface area contributed by atoms with Crippen LogP contribution in [-0.4, -0.2) is 57.9 Å². The van der Waals surface area contributed by atoms with E-state index in [1.54, 1.807) is 26.2 Å². The number of nitrogens with zero attached hydrogens (tertiary/aromatic N) is 3. The highest BCUT2D eigenvalue weighted by molar-refractivity contribution is 6.09. The first kappa shape index (κ1) is 17.3. The van der Waals surface area contributed by atoms with Gasteiger partial charge in [-0.1, -0.05) is 0 Å². The number of halogens is 1. The summed E-state index contributed by atoms with van der Waals surface area (Å²) >= 11 is 0. The molecule has 25 heavy (non-hydrogen) atoms. The summed E-state index contributed by atoms with van der Waals surface area (Å²) in [5, 5.41) is 28.4. The second kappa shape index (κ2) is 6.79. The summed E-state index contributed by atoms with van der Waals surface area (Å²) in [6.45, 7) is 4.74. The Hall–Kier alpha value is -2.48. The quantitative estimate of drug-likeness (QED) is 0.598. The molecule has 0 bridgehead atoms. The molecular weight excluding hydrogens is 323 g/mol. The number of rotatable bonds is 6. The van der Waals surface area contributed by atoms with Crippen molar-refractivity contribution in [3.63, 3.8) is 0 Å². The number of hydrogen-bond donors (Lipinski definition) is 4. The topological polar surface area (TPSA) is 101 Å². The van der Waals surface area contributed by atoms with Gasteiger partial charge in [-0.25, -0.2) is 9.37 Å². The van der Waals surface area contributed by atoms with Gasteiger partial charge in [0.25, 0.3) is 0 Å². The smallest absolute Gasteiger partial charge is 0.160 e. The van der Waals surface area contributed by atoms with Gasteiger partial charge in [-0.2, -0.15) is 5.10 Å². The number of fused-ring (bicyclic) bond motifs is 1. The van der Waals surface area contributed by atoms with Crippen LogP contribution in [0.2, 0.25) is 0 Å². The average Bonchev–Trinajstić information content (AvgIpc) is 3.15. The molecule has 1 aliphatic heterocycles. The molecule has 1 aliphatic rings. The molecule has 4 N–H and O–H groups in total. The van der Waals surface area contributed by atoms with E-state index in [-0.39, 0.29) is 0 Å². The number of hydrogen-bond acceptors (Lipinski definition) is 6. The number of pyridine rings is 1. The predicted molar refractivity (Wildman–Crippen MR) is 96.7 cm³/mol. The molecule has 0 aromatic carbocycles. The van der Waals surface area contributed by atoms with Crippen LogP contribution in [0, 0.1) is 5.41 Å². The molecule has 3 rings (SSSR count). The van der Waals surface area contributed by atoms with Gasteiger partial charge >= 0.3 is 0 Å². The molecule has 0 radical (unpaired) electrons. The monoisotopic (exact) mass is 346 g/mol. The third-order valence-corrected chi connectivity index (χ3v) is 4.11. The van der Waals surface area contributed by atoms with E-state index in [4.69, 9.17) is 5.41 Å². The van der Waals surface area contributed by atoms with Crippen LogP contribution in [0.4, 0.5) is 10.2 Å². The molecule has 1 atom stereocenters. The zero-order valence-electron chi connectivity index (χ0n) is 14.4. The highest BCUT2D eigenvalue weighted by atomic mass is 19.1. The van der Waals surface area contributed by atoms with Crippen molar-refractivity contribution < 1.29 is 9.50 Å². The predicted octanol–water partition coefficient (Wildman–Crippen LogP) is 1.86. The van der Waals surface area contributed by atoms with E-state index in [1.807, 2.05) is 11.0 Å². The lowest BCUT2D eigenvalue weighted by molar-refractivity contribution is 0.0836. The van der Waals surface area contributed by atoms with E-state index in [2.05, 4.69) is 20.5 Å². The van der Waals surface area contributed by atoms with Crippen molar-refractivity contribution in [2.24, 2.45) is 0 Å². The van der Waals surface area contributed by atoms with E-state index < -0.39 is 11.8 Å². The number of aromatic amines is 1. The number of alkyl halides is 1. The molecule has 134 valence electrons. The van der Waals surface area contributed by atoms with Gasteiger partial charge in [-0.05, 0) is 26.3 Å². The molecule has 7 nitrogen and oxygen atoms in total. The fourth-order valence-electron chi connectivity index (χ4n) is 2.82. The summed E-state index contributed by atoms with van der Waals surface area (Å²) in [5.74, 6) is 0.693. The summed E-state index contributed by atoms with van der Waals surface area (Å²) in [6.07, 6.45) is 4.25. The van der Waals surface area contributed by atoms with Crippen LogP contribution in [0.5, 0.6) is 0 Å². The van der Waals surface area contributed by atoms with Crippen molar-refractivity contribution in [3.05, 3.63) is 24.0 Å². The second-order valence-electron chi connectivity index (χ2n) is 6.94. The highest BCUT2D eigenvalue weighted by Gasteiger charge is 2.25. The number of aliphatic hydroxyl groups is 1. The first-order valence-corrected chi connectivity index (χ1v) is 8.27. The second-order valence-corrected chi connectivity index (χ2v) is 6.94. The van der Waals surface area contributed by atoms with Crippen molar-refractivity contribution in [1.82, 2.24) is 20.5 Å². The van der Waals surface area contributed by atoms with E-state index in [9.17, 15) is 9.50 Å². The highest BCUT2D eigenvalue weighted by Crippen LogP contribution is 2.28. The third kappa shape index (κ3) is 3.96. The minimum absolute atomic E-state index is 0.338. The minimum atomic E-state index is -0.845. The van der Waals surface area contributed by atoms with Gasteiger partial charge in [-0.3, -0.25) is 5.10 Å². The van der Waals surface area contributed by atoms with E-state index in [0.29, 0.717) is 43.1 Å². The van der Waals surface area contributed by atoms with E-state index in [1.165, 1.54) is 6.21 Å². The lowest BCUT2D eigenvalue weighted by Crippen LogP contribution is -2.32. The molecule has 1 saturated heterocycles. The summed E-state index contributed by atoms with van der Waals surface area (Å²) in [4.78, 5) is 6.27. The number of nitrogens with one attached hydrogen (secondary N) is 3. The van der Waals surface area contributed by atoms with Crippen molar-refractivity contribution >= 4 is 28.6 Å². The SMILES string of the molecule is CC(C)(O)CN/C=C(\C=N)c1cnc2[nH]nc(N3CCC(F)C3)c2c1. The fraction of sp³-hybridized carbons (Fsp3) is 0.471. The van der Waals surface area contributed by atoms with Gasteiger partial charge in [0, 0.05) is 42.8 Å².